The molecule has 0 unspecified atom stereocenters. The monoisotopic (exact) mass is 243 g/mol. The summed E-state index contributed by atoms with van der Waals surface area (Å²) in [5, 5.41) is 3.12. The molecule has 0 amide bonds. The molecular weight excluding hydrogens is 226 g/mol. The van der Waals surface area contributed by atoms with E-state index >= 15 is 0 Å². The molecule has 0 fully saturated rings. The molecule has 0 radical (unpaired) electrons. The number of benzene rings is 1. The minimum absolute atomic E-state index is 0.389. The number of hydrogen-bond acceptors (Lipinski definition) is 3. The van der Waals surface area contributed by atoms with Crippen LogP contribution >= 0.6 is 0 Å². The van der Waals surface area contributed by atoms with E-state index in [4.69, 9.17) is 5.73 Å². The molecule has 0 aliphatic heterocycles. The van der Waals surface area contributed by atoms with E-state index in [1.54, 1.807) is 12.5 Å². The number of nitrogens with two attached hydrogens (primary N) is 1. The van der Waals surface area contributed by atoms with Crippen LogP contribution in [0.25, 0.3) is 11.3 Å². The quantitative estimate of drug-likeness (QED) is 0.569. The summed E-state index contributed by atoms with van der Waals surface area (Å²) in [6.45, 7) is 4.13. The van der Waals surface area contributed by atoms with Gasteiger partial charge >= 0.3 is 0 Å². The standard InChI is InChI=1S/C13H17N5/c1-9(2)16-8-17-11-5-3-10(4-6-11)12-7-15-13(14)18-12/h3-9H,1-2H3,(H,16,17)(H3,14,15,18). The predicted molar refractivity (Wildman–Crippen MR) is 74.9 cm³/mol. The first-order valence-corrected chi connectivity index (χ1v) is 5.85. The van der Waals surface area contributed by atoms with Crippen LogP contribution in [0.4, 0.5) is 11.6 Å². The fraction of sp³-hybridized carbons (Fsp3) is 0.231. The van der Waals surface area contributed by atoms with Gasteiger partial charge < -0.3 is 16.0 Å². The molecule has 1 aromatic heterocycles. The van der Waals surface area contributed by atoms with Crippen molar-refractivity contribution in [2.75, 3.05) is 5.73 Å². The summed E-state index contributed by atoms with van der Waals surface area (Å²) in [6.07, 6.45) is 3.50. The Bertz CT molecular complexity index is 525. The van der Waals surface area contributed by atoms with Crippen molar-refractivity contribution < 1.29 is 0 Å². The number of nitrogen functional groups attached to an aromatic ring is 1. The van der Waals surface area contributed by atoms with Gasteiger partial charge in [0.05, 0.1) is 17.7 Å². The Kier molecular flexibility index (Phi) is 3.62. The van der Waals surface area contributed by atoms with Crippen molar-refractivity contribution in [2.24, 2.45) is 4.99 Å². The summed E-state index contributed by atoms with van der Waals surface area (Å²) in [5.41, 5.74) is 8.29. The maximum Gasteiger partial charge on any atom is 0.198 e. The lowest BCUT2D eigenvalue weighted by molar-refractivity contribution is 0.744. The fourth-order valence-corrected chi connectivity index (χ4v) is 1.46. The Labute approximate surface area is 106 Å². The molecule has 5 nitrogen and oxygen atoms in total. The molecule has 18 heavy (non-hydrogen) atoms. The van der Waals surface area contributed by atoms with Gasteiger partial charge in [-0.25, -0.2) is 9.98 Å². The van der Waals surface area contributed by atoms with Gasteiger partial charge in [-0.15, -0.1) is 0 Å². The third-order valence-corrected chi connectivity index (χ3v) is 2.38. The summed E-state index contributed by atoms with van der Waals surface area (Å²) in [6, 6.07) is 8.22. The Hall–Kier alpha value is -2.30. The van der Waals surface area contributed by atoms with E-state index < -0.39 is 0 Å². The van der Waals surface area contributed by atoms with E-state index in [-0.39, 0.29) is 0 Å². The Balaban J connectivity index is 2.08. The molecule has 94 valence electrons. The molecule has 4 N–H and O–H groups in total. The van der Waals surface area contributed by atoms with Crippen molar-refractivity contribution in [1.29, 1.82) is 0 Å². The molecule has 2 aromatic rings. The number of imidazole rings is 1. The minimum Gasteiger partial charge on any atom is -0.374 e. The molecule has 0 aliphatic rings. The molecule has 5 heteroatoms. The second-order valence-corrected chi connectivity index (χ2v) is 4.30. The van der Waals surface area contributed by atoms with Gasteiger partial charge in [-0.1, -0.05) is 12.1 Å². The van der Waals surface area contributed by atoms with Gasteiger partial charge in [0.15, 0.2) is 5.95 Å². The number of aromatic amines is 1. The molecule has 1 aromatic carbocycles. The normalized spacial score (nSPS) is 11.3. The van der Waals surface area contributed by atoms with Crippen LogP contribution in [0, 0.1) is 0 Å². The molecular formula is C13H17N5. The highest BCUT2D eigenvalue weighted by molar-refractivity contribution is 5.65. The van der Waals surface area contributed by atoms with Gasteiger partial charge in [0.2, 0.25) is 0 Å². The smallest absolute Gasteiger partial charge is 0.198 e. The second-order valence-electron chi connectivity index (χ2n) is 4.30. The lowest BCUT2D eigenvalue weighted by Crippen LogP contribution is -2.19. The minimum atomic E-state index is 0.389. The highest BCUT2D eigenvalue weighted by Gasteiger charge is 2.01. The van der Waals surface area contributed by atoms with Crippen LogP contribution in [0.5, 0.6) is 0 Å². The van der Waals surface area contributed by atoms with Gasteiger partial charge in [-0.3, -0.25) is 0 Å². The molecule has 0 bridgehead atoms. The van der Waals surface area contributed by atoms with Crippen LogP contribution in [0.2, 0.25) is 0 Å². The third-order valence-electron chi connectivity index (χ3n) is 2.38. The summed E-state index contributed by atoms with van der Waals surface area (Å²) in [5.74, 6) is 0.424. The topological polar surface area (TPSA) is 79.1 Å². The Morgan fingerprint density at radius 3 is 2.61 bits per heavy atom. The molecule has 1 heterocycles. The van der Waals surface area contributed by atoms with Gasteiger partial charge in [-0.05, 0) is 26.0 Å². The zero-order chi connectivity index (χ0) is 13.0. The van der Waals surface area contributed by atoms with Crippen LogP contribution in [0.15, 0.2) is 35.5 Å². The summed E-state index contributed by atoms with van der Waals surface area (Å²) < 4.78 is 0. The first kappa shape index (κ1) is 12.2. The van der Waals surface area contributed by atoms with E-state index in [9.17, 15) is 0 Å². The van der Waals surface area contributed by atoms with Crippen molar-refractivity contribution in [1.82, 2.24) is 15.3 Å². The molecule has 0 saturated carbocycles. The fourth-order valence-electron chi connectivity index (χ4n) is 1.46. The summed E-state index contributed by atoms with van der Waals surface area (Å²) in [7, 11) is 0. The van der Waals surface area contributed by atoms with E-state index in [0.29, 0.717) is 12.0 Å². The Morgan fingerprint density at radius 2 is 2.06 bits per heavy atom. The van der Waals surface area contributed by atoms with E-state index in [0.717, 1.165) is 16.9 Å². The van der Waals surface area contributed by atoms with Crippen LogP contribution < -0.4 is 11.1 Å². The van der Waals surface area contributed by atoms with Crippen molar-refractivity contribution in [3.63, 3.8) is 0 Å². The number of hydrogen-bond donors (Lipinski definition) is 3. The first-order chi connectivity index (χ1) is 8.65. The summed E-state index contributed by atoms with van der Waals surface area (Å²) in [4.78, 5) is 11.3. The van der Waals surface area contributed by atoms with Crippen LogP contribution in [0.3, 0.4) is 0 Å². The molecule has 0 spiro atoms. The van der Waals surface area contributed by atoms with Crippen molar-refractivity contribution in [3.8, 4) is 11.3 Å². The highest BCUT2D eigenvalue weighted by Crippen LogP contribution is 2.21. The van der Waals surface area contributed by atoms with Gasteiger partial charge in [0, 0.05) is 17.8 Å². The molecule has 0 saturated heterocycles. The average molecular weight is 243 g/mol. The molecule has 0 aliphatic carbocycles. The Morgan fingerprint density at radius 1 is 1.33 bits per heavy atom. The number of nitrogens with one attached hydrogen (secondary N) is 2. The van der Waals surface area contributed by atoms with Crippen molar-refractivity contribution in [3.05, 3.63) is 30.5 Å². The average Bonchev–Trinajstić information content (AvgIpc) is 2.76. The number of aromatic nitrogens is 2. The lowest BCUT2D eigenvalue weighted by atomic mass is 10.1. The van der Waals surface area contributed by atoms with Gasteiger partial charge in [0.1, 0.15) is 0 Å². The SMILES string of the molecule is CC(C)N/C=N/c1ccc(-c2c[nH]c(N)n2)cc1. The zero-order valence-electron chi connectivity index (χ0n) is 10.5. The van der Waals surface area contributed by atoms with E-state index in [2.05, 4.69) is 34.1 Å². The second kappa shape index (κ2) is 5.35. The van der Waals surface area contributed by atoms with Crippen molar-refractivity contribution in [2.45, 2.75) is 19.9 Å². The number of nitrogens with zero attached hydrogens (tertiary/aromatic N) is 2. The number of rotatable bonds is 4. The van der Waals surface area contributed by atoms with Gasteiger partial charge in [-0.2, -0.15) is 0 Å². The maximum absolute atomic E-state index is 5.54. The highest BCUT2D eigenvalue weighted by atomic mass is 15.0. The lowest BCUT2D eigenvalue weighted by Gasteiger charge is -2.02. The van der Waals surface area contributed by atoms with E-state index in [1.807, 2.05) is 24.3 Å². The van der Waals surface area contributed by atoms with E-state index in [1.165, 1.54) is 0 Å². The van der Waals surface area contributed by atoms with Crippen LogP contribution in [-0.4, -0.2) is 22.3 Å². The number of H-pyrrole nitrogens is 1. The van der Waals surface area contributed by atoms with Crippen LogP contribution in [-0.2, 0) is 0 Å². The largest absolute Gasteiger partial charge is 0.374 e. The third kappa shape index (κ3) is 3.10. The predicted octanol–water partition coefficient (Wildman–Crippen LogP) is 2.32. The number of anilines is 1. The molecule has 2 rings (SSSR count). The molecule has 0 atom stereocenters. The maximum atomic E-state index is 5.54. The first-order valence-electron chi connectivity index (χ1n) is 5.85. The zero-order valence-corrected chi connectivity index (χ0v) is 10.5. The van der Waals surface area contributed by atoms with Crippen molar-refractivity contribution >= 4 is 18.0 Å². The van der Waals surface area contributed by atoms with Crippen LogP contribution in [0.1, 0.15) is 13.8 Å². The van der Waals surface area contributed by atoms with Gasteiger partial charge in [0.25, 0.3) is 0 Å². The summed E-state index contributed by atoms with van der Waals surface area (Å²) >= 11 is 0. The number of aliphatic imine (C=N–C) groups is 1.